The molecule has 0 aliphatic rings. The van der Waals surface area contributed by atoms with E-state index >= 15 is 0 Å². The molecule has 0 aliphatic carbocycles. The highest BCUT2D eigenvalue weighted by molar-refractivity contribution is 6.23. The first-order chi connectivity index (χ1) is 13.6. The Morgan fingerprint density at radius 3 is 1.89 bits per heavy atom. The molecule has 0 bridgehead atoms. The summed E-state index contributed by atoms with van der Waals surface area (Å²) in [5, 5.41) is 6.94. The maximum absolute atomic E-state index is 12.4. The van der Waals surface area contributed by atoms with Gasteiger partial charge < -0.3 is 9.47 Å². The van der Waals surface area contributed by atoms with Crippen molar-refractivity contribution in [2.45, 2.75) is 20.3 Å². The normalized spacial score (nSPS) is 11.5. The van der Waals surface area contributed by atoms with Gasteiger partial charge in [-0.05, 0) is 58.1 Å². The van der Waals surface area contributed by atoms with Crippen LogP contribution >= 0.6 is 0 Å². The van der Waals surface area contributed by atoms with Gasteiger partial charge in [0.1, 0.15) is 0 Å². The lowest BCUT2D eigenvalue weighted by Gasteiger charge is -2.17. The van der Waals surface area contributed by atoms with Gasteiger partial charge in [0.25, 0.3) is 0 Å². The van der Waals surface area contributed by atoms with Crippen LogP contribution in [-0.2, 0) is 25.5 Å². The summed E-state index contributed by atoms with van der Waals surface area (Å²) in [6.45, 7) is 3.92. The Labute approximate surface area is 163 Å². The van der Waals surface area contributed by atoms with E-state index in [1.54, 1.807) is 13.8 Å². The standard InChI is InChI=1S/C24H22O4/c1-3-27-23(25)20(24(26)28-4-2)14-18-11-10-17-9-8-15-6-5-7-16-12-13-19(18)22(17)21(15)16/h5-13,20H,3-4,14H2,1-2H3. The Hall–Kier alpha value is -3.14. The number of hydrogen-bond acceptors (Lipinski definition) is 4. The number of rotatable bonds is 6. The van der Waals surface area contributed by atoms with Gasteiger partial charge in [-0.3, -0.25) is 9.59 Å². The van der Waals surface area contributed by atoms with Crippen molar-refractivity contribution in [3.63, 3.8) is 0 Å². The molecule has 0 fully saturated rings. The van der Waals surface area contributed by atoms with Crippen LogP contribution in [-0.4, -0.2) is 25.2 Å². The molecule has 0 aromatic heterocycles. The minimum Gasteiger partial charge on any atom is -0.465 e. The Morgan fingerprint density at radius 2 is 1.29 bits per heavy atom. The molecular weight excluding hydrogens is 352 g/mol. The van der Waals surface area contributed by atoms with E-state index in [4.69, 9.17) is 9.47 Å². The van der Waals surface area contributed by atoms with Gasteiger partial charge in [0.05, 0.1) is 13.2 Å². The highest BCUT2D eigenvalue weighted by atomic mass is 16.6. The van der Waals surface area contributed by atoms with Crippen molar-refractivity contribution in [1.29, 1.82) is 0 Å². The summed E-state index contributed by atoms with van der Waals surface area (Å²) in [4.78, 5) is 24.8. The lowest BCUT2D eigenvalue weighted by molar-refractivity contribution is -0.161. The zero-order chi connectivity index (χ0) is 19.7. The third kappa shape index (κ3) is 3.05. The molecule has 4 nitrogen and oxygen atoms in total. The van der Waals surface area contributed by atoms with Crippen molar-refractivity contribution < 1.29 is 19.1 Å². The van der Waals surface area contributed by atoms with E-state index in [1.807, 2.05) is 6.07 Å². The van der Waals surface area contributed by atoms with Crippen LogP contribution in [0, 0.1) is 5.92 Å². The molecule has 4 rings (SSSR count). The van der Waals surface area contributed by atoms with Crippen LogP contribution in [0.15, 0.2) is 54.6 Å². The molecule has 28 heavy (non-hydrogen) atoms. The SMILES string of the molecule is CCOC(=O)C(Cc1ccc2ccc3cccc4ccc1c2c34)C(=O)OCC. The summed E-state index contributed by atoms with van der Waals surface area (Å²) >= 11 is 0. The molecule has 0 aliphatic heterocycles. The van der Waals surface area contributed by atoms with Crippen LogP contribution in [0.25, 0.3) is 32.3 Å². The fourth-order valence-electron chi connectivity index (χ4n) is 3.94. The second-order valence-electron chi connectivity index (χ2n) is 6.84. The van der Waals surface area contributed by atoms with Crippen molar-refractivity contribution in [2.75, 3.05) is 13.2 Å². The largest absolute Gasteiger partial charge is 0.465 e. The Bertz CT molecular complexity index is 1130. The van der Waals surface area contributed by atoms with Gasteiger partial charge >= 0.3 is 11.9 Å². The van der Waals surface area contributed by atoms with E-state index in [0.29, 0.717) is 0 Å². The molecule has 0 spiro atoms. The van der Waals surface area contributed by atoms with E-state index in [9.17, 15) is 9.59 Å². The van der Waals surface area contributed by atoms with Crippen LogP contribution in [0.2, 0.25) is 0 Å². The van der Waals surface area contributed by atoms with Gasteiger partial charge in [0, 0.05) is 0 Å². The van der Waals surface area contributed by atoms with Crippen LogP contribution in [0.4, 0.5) is 0 Å². The van der Waals surface area contributed by atoms with Crippen molar-refractivity contribution in [3.8, 4) is 0 Å². The minimum atomic E-state index is -0.960. The van der Waals surface area contributed by atoms with E-state index in [2.05, 4.69) is 48.5 Å². The molecule has 4 heteroatoms. The van der Waals surface area contributed by atoms with Crippen LogP contribution in [0.5, 0.6) is 0 Å². The maximum atomic E-state index is 12.4. The average molecular weight is 374 g/mol. The maximum Gasteiger partial charge on any atom is 0.320 e. The lowest BCUT2D eigenvalue weighted by Crippen LogP contribution is -2.30. The molecule has 0 amide bonds. The number of esters is 2. The molecule has 0 atom stereocenters. The predicted octanol–water partition coefficient (Wildman–Crippen LogP) is 4.87. The van der Waals surface area contributed by atoms with Crippen molar-refractivity contribution in [2.24, 2.45) is 5.92 Å². The van der Waals surface area contributed by atoms with Gasteiger partial charge in [-0.2, -0.15) is 0 Å². The third-order valence-corrected chi connectivity index (χ3v) is 5.19. The first-order valence-corrected chi connectivity index (χ1v) is 9.62. The monoisotopic (exact) mass is 374 g/mol. The number of ether oxygens (including phenoxy) is 2. The quantitative estimate of drug-likeness (QED) is 0.274. The van der Waals surface area contributed by atoms with Crippen molar-refractivity contribution in [1.82, 2.24) is 0 Å². The van der Waals surface area contributed by atoms with Crippen LogP contribution in [0.1, 0.15) is 19.4 Å². The third-order valence-electron chi connectivity index (χ3n) is 5.19. The summed E-state index contributed by atoms with van der Waals surface area (Å²) < 4.78 is 10.3. The van der Waals surface area contributed by atoms with E-state index in [1.165, 1.54) is 21.5 Å². The predicted molar refractivity (Wildman–Crippen MR) is 111 cm³/mol. The number of hydrogen-bond donors (Lipinski definition) is 0. The zero-order valence-corrected chi connectivity index (χ0v) is 16.0. The lowest BCUT2D eigenvalue weighted by atomic mass is 9.89. The second-order valence-corrected chi connectivity index (χ2v) is 6.84. The van der Waals surface area contributed by atoms with Crippen LogP contribution in [0.3, 0.4) is 0 Å². The zero-order valence-electron chi connectivity index (χ0n) is 16.0. The van der Waals surface area contributed by atoms with Gasteiger partial charge in [-0.25, -0.2) is 0 Å². The highest BCUT2D eigenvalue weighted by Crippen LogP contribution is 2.36. The average Bonchev–Trinajstić information content (AvgIpc) is 2.71. The van der Waals surface area contributed by atoms with E-state index < -0.39 is 17.9 Å². The summed E-state index contributed by atoms with van der Waals surface area (Å²) in [7, 11) is 0. The Kier molecular flexibility index (Phi) is 4.86. The van der Waals surface area contributed by atoms with Crippen molar-refractivity contribution in [3.05, 3.63) is 60.2 Å². The smallest absolute Gasteiger partial charge is 0.320 e. The fraction of sp³-hybridized carbons (Fsp3) is 0.250. The molecule has 4 aromatic rings. The minimum absolute atomic E-state index is 0.229. The summed E-state index contributed by atoms with van der Waals surface area (Å²) in [6.07, 6.45) is 0.256. The molecule has 0 N–H and O–H groups in total. The summed E-state index contributed by atoms with van der Waals surface area (Å²) in [6, 6.07) is 18.7. The van der Waals surface area contributed by atoms with Gasteiger partial charge in [0.15, 0.2) is 5.92 Å². The van der Waals surface area contributed by atoms with Crippen LogP contribution < -0.4 is 0 Å². The van der Waals surface area contributed by atoms with E-state index in [-0.39, 0.29) is 19.6 Å². The Balaban J connectivity index is 1.85. The number of carbonyl (C=O) groups is 2. The molecular formula is C24H22O4. The summed E-state index contributed by atoms with van der Waals surface area (Å²) in [5.41, 5.74) is 0.942. The molecule has 0 saturated carbocycles. The molecule has 0 unspecified atom stereocenters. The van der Waals surface area contributed by atoms with Gasteiger partial charge in [0.2, 0.25) is 0 Å². The first kappa shape index (κ1) is 18.2. The number of benzene rings is 4. The summed E-state index contributed by atoms with van der Waals surface area (Å²) in [5.74, 6) is -2.03. The van der Waals surface area contributed by atoms with E-state index in [0.717, 1.165) is 16.3 Å². The number of carbonyl (C=O) groups excluding carboxylic acids is 2. The second kappa shape index (κ2) is 7.47. The fourth-order valence-corrected chi connectivity index (χ4v) is 3.94. The molecule has 4 aromatic carbocycles. The topological polar surface area (TPSA) is 52.6 Å². The molecule has 0 radical (unpaired) electrons. The van der Waals surface area contributed by atoms with Gasteiger partial charge in [-0.15, -0.1) is 0 Å². The molecule has 142 valence electrons. The van der Waals surface area contributed by atoms with Crippen molar-refractivity contribution >= 4 is 44.3 Å². The van der Waals surface area contributed by atoms with Gasteiger partial charge in [-0.1, -0.05) is 54.6 Å². The molecule has 0 heterocycles. The highest BCUT2D eigenvalue weighted by Gasteiger charge is 2.30. The molecule has 0 saturated heterocycles. The Morgan fingerprint density at radius 1 is 0.750 bits per heavy atom. The first-order valence-electron chi connectivity index (χ1n) is 9.62.